The zero-order valence-corrected chi connectivity index (χ0v) is 11.0. The number of hydrogen-bond donors (Lipinski definition) is 3. The Labute approximate surface area is 105 Å². The second-order valence-electron chi connectivity index (χ2n) is 4.06. The van der Waals surface area contributed by atoms with E-state index in [1.807, 2.05) is 6.92 Å². The Morgan fingerprint density at radius 1 is 1.18 bits per heavy atom. The highest BCUT2D eigenvalue weighted by molar-refractivity contribution is 5.75. The molecule has 0 heterocycles. The van der Waals surface area contributed by atoms with Gasteiger partial charge >= 0.3 is 0 Å². The van der Waals surface area contributed by atoms with Crippen LogP contribution in [0.2, 0.25) is 0 Å². The number of allylic oxidation sites excluding steroid dienone is 2. The summed E-state index contributed by atoms with van der Waals surface area (Å²) in [5.41, 5.74) is 5.33. The van der Waals surface area contributed by atoms with Crippen LogP contribution in [0.4, 0.5) is 0 Å². The number of nitrogens with one attached hydrogen (secondary N) is 2. The molecule has 0 fully saturated rings. The number of nitrogens with two attached hydrogens (primary N) is 1. The van der Waals surface area contributed by atoms with Crippen LogP contribution in [0.25, 0.3) is 0 Å². The average molecular weight is 241 g/mol. The summed E-state index contributed by atoms with van der Waals surface area (Å²) in [5, 5.41) is 6.02. The second-order valence-corrected chi connectivity index (χ2v) is 4.06. The van der Waals surface area contributed by atoms with Gasteiger partial charge in [0.1, 0.15) is 0 Å². The van der Waals surface area contributed by atoms with Crippen LogP contribution in [-0.4, -0.2) is 32.1 Å². The third-order valence-electron chi connectivity index (χ3n) is 2.46. The van der Waals surface area contributed by atoms with Gasteiger partial charge in [0, 0.05) is 32.6 Å². The fourth-order valence-electron chi connectivity index (χ4n) is 1.50. The molecule has 0 saturated carbocycles. The first-order valence-electron chi connectivity index (χ1n) is 6.60. The van der Waals surface area contributed by atoms with E-state index in [9.17, 15) is 4.79 Å². The van der Waals surface area contributed by atoms with Crippen LogP contribution in [0.3, 0.4) is 0 Å². The van der Waals surface area contributed by atoms with Crippen LogP contribution in [0.1, 0.15) is 39.0 Å². The van der Waals surface area contributed by atoms with Gasteiger partial charge in [0.15, 0.2) is 0 Å². The fourth-order valence-corrected chi connectivity index (χ4v) is 1.50. The third-order valence-corrected chi connectivity index (χ3v) is 2.46. The molecular formula is C13H27N3O. The fraction of sp³-hybridized carbons (Fsp3) is 0.769. The Kier molecular flexibility index (Phi) is 12.5. The van der Waals surface area contributed by atoms with Crippen molar-refractivity contribution in [2.45, 2.75) is 39.0 Å². The van der Waals surface area contributed by atoms with Gasteiger partial charge < -0.3 is 16.4 Å². The van der Waals surface area contributed by atoms with E-state index >= 15 is 0 Å². The number of hydrogen-bond acceptors (Lipinski definition) is 3. The first-order chi connectivity index (χ1) is 8.31. The van der Waals surface area contributed by atoms with Crippen LogP contribution in [0.5, 0.6) is 0 Å². The molecule has 0 radical (unpaired) electrons. The first-order valence-corrected chi connectivity index (χ1v) is 6.60. The van der Waals surface area contributed by atoms with E-state index in [1.165, 1.54) is 6.42 Å². The molecule has 0 aromatic rings. The van der Waals surface area contributed by atoms with Gasteiger partial charge in [-0.1, -0.05) is 18.6 Å². The maximum absolute atomic E-state index is 11.4. The van der Waals surface area contributed by atoms with Gasteiger partial charge in [-0.05, 0) is 26.2 Å². The summed E-state index contributed by atoms with van der Waals surface area (Å²) in [4.78, 5) is 11.4. The maximum atomic E-state index is 11.4. The molecule has 0 rings (SSSR count). The maximum Gasteiger partial charge on any atom is 0.220 e. The third kappa shape index (κ3) is 13.1. The highest BCUT2D eigenvalue weighted by Crippen LogP contribution is 2.03. The molecule has 0 unspecified atom stereocenters. The minimum Gasteiger partial charge on any atom is -0.355 e. The largest absolute Gasteiger partial charge is 0.355 e. The van der Waals surface area contributed by atoms with Crippen molar-refractivity contribution in [3.8, 4) is 0 Å². The second kappa shape index (κ2) is 13.2. The molecule has 0 saturated heterocycles. The molecule has 1 amide bonds. The molecule has 4 nitrogen and oxygen atoms in total. The standard InChI is InChI=1S/C13H27N3O/c1-2-3-4-5-6-7-8-13(17)16-12-11-15-10-9-14/h2-3,15H,4-12,14H2,1H3,(H,16,17)/b3-2+. The zero-order chi connectivity index (χ0) is 12.8. The molecule has 0 atom stereocenters. The van der Waals surface area contributed by atoms with Crippen molar-refractivity contribution in [3.63, 3.8) is 0 Å². The molecule has 0 aromatic heterocycles. The average Bonchev–Trinajstić information content (AvgIpc) is 2.33. The predicted octanol–water partition coefficient (Wildman–Crippen LogP) is 1.18. The van der Waals surface area contributed by atoms with E-state index in [0.717, 1.165) is 32.4 Å². The Morgan fingerprint density at radius 2 is 2.00 bits per heavy atom. The number of amides is 1. The molecule has 0 aliphatic rings. The van der Waals surface area contributed by atoms with E-state index in [1.54, 1.807) is 0 Å². The Hall–Kier alpha value is -0.870. The van der Waals surface area contributed by atoms with Crippen LogP contribution >= 0.6 is 0 Å². The summed E-state index contributed by atoms with van der Waals surface area (Å²) in [6.45, 7) is 4.97. The van der Waals surface area contributed by atoms with Crippen molar-refractivity contribution in [1.29, 1.82) is 0 Å². The van der Waals surface area contributed by atoms with Crippen LogP contribution in [-0.2, 0) is 4.79 Å². The molecule has 100 valence electrons. The lowest BCUT2D eigenvalue weighted by Gasteiger charge is -2.05. The van der Waals surface area contributed by atoms with E-state index in [4.69, 9.17) is 5.73 Å². The minimum absolute atomic E-state index is 0.158. The van der Waals surface area contributed by atoms with Crippen molar-refractivity contribution >= 4 is 5.91 Å². The first kappa shape index (κ1) is 16.1. The van der Waals surface area contributed by atoms with Gasteiger partial charge in [-0.25, -0.2) is 0 Å². The SMILES string of the molecule is C/C=C/CCCCCC(=O)NCCNCCN. The number of unbranched alkanes of at least 4 members (excludes halogenated alkanes) is 3. The zero-order valence-electron chi connectivity index (χ0n) is 11.0. The monoisotopic (exact) mass is 241 g/mol. The van der Waals surface area contributed by atoms with E-state index in [-0.39, 0.29) is 5.91 Å². The molecular weight excluding hydrogens is 214 g/mol. The van der Waals surface area contributed by atoms with E-state index in [0.29, 0.717) is 19.5 Å². The Balaban J connectivity index is 3.17. The van der Waals surface area contributed by atoms with Crippen LogP contribution in [0.15, 0.2) is 12.2 Å². The Morgan fingerprint density at radius 3 is 2.71 bits per heavy atom. The number of carbonyl (C=O) groups excluding carboxylic acids is 1. The van der Waals surface area contributed by atoms with Gasteiger partial charge in [0.05, 0.1) is 0 Å². The van der Waals surface area contributed by atoms with Gasteiger partial charge in [-0.3, -0.25) is 4.79 Å². The van der Waals surface area contributed by atoms with Crippen LogP contribution < -0.4 is 16.4 Å². The quantitative estimate of drug-likeness (QED) is 0.376. The van der Waals surface area contributed by atoms with Crippen molar-refractivity contribution in [2.24, 2.45) is 5.73 Å². The van der Waals surface area contributed by atoms with Crippen molar-refractivity contribution in [3.05, 3.63) is 12.2 Å². The Bertz CT molecular complexity index is 205. The summed E-state index contributed by atoms with van der Waals surface area (Å²) < 4.78 is 0. The summed E-state index contributed by atoms with van der Waals surface area (Å²) in [6, 6.07) is 0. The summed E-state index contributed by atoms with van der Waals surface area (Å²) >= 11 is 0. The molecule has 4 N–H and O–H groups in total. The molecule has 4 heteroatoms. The van der Waals surface area contributed by atoms with Crippen LogP contribution in [0, 0.1) is 0 Å². The van der Waals surface area contributed by atoms with Crippen molar-refractivity contribution in [2.75, 3.05) is 26.2 Å². The van der Waals surface area contributed by atoms with Crippen molar-refractivity contribution < 1.29 is 4.79 Å². The normalized spacial score (nSPS) is 10.9. The summed E-state index contributed by atoms with van der Waals surface area (Å²) in [6.07, 6.45) is 9.30. The molecule has 17 heavy (non-hydrogen) atoms. The predicted molar refractivity (Wildman–Crippen MR) is 72.8 cm³/mol. The topological polar surface area (TPSA) is 67.2 Å². The molecule has 0 aliphatic carbocycles. The molecule has 0 aliphatic heterocycles. The highest BCUT2D eigenvalue weighted by Gasteiger charge is 1.99. The highest BCUT2D eigenvalue weighted by atomic mass is 16.1. The number of carbonyl (C=O) groups is 1. The smallest absolute Gasteiger partial charge is 0.220 e. The van der Waals surface area contributed by atoms with Gasteiger partial charge in [-0.2, -0.15) is 0 Å². The van der Waals surface area contributed by atoms with E-state index in [2.05, 4.69) is 22.8 Å². The molecule has 0 spiro atoms. The van der Waals surface area contributed by atoms with Gasteiger partial charge in [-0.15, -0.1) is 0 Å². The van der Waals surface area contributed by atoms with E-state index < -0.39 is 0 Å². The molecule has 0 bridgehead atoms. The van der Waals surface area contributed by atoms with Crippen molar-refractivity contribution in [1.82, 2.24) is 10.6 Å². The lowest BCUT2D eigenvalue weighted by molar-refractivity contribution is -0.121. The summed E-state index contributed by atoms with van der Waals surface area (Å²) in [7, 11) is 0. The lowest BCUT2D eigenvalue weighted by atomic mass is 10.1. The summed E-state index contributed by atoms with van der Waals surface area (Å²) in [5.74, 6) is 0.158. The lowest BCUT2D eigenvalue weighted by Crippen LogP contribution is -2.33. The van der Waals surface area contributed by atoms with Gasteiger partial charge in [0.25, 0.3) is 0 Å². The molecule has 0 aromatic carbocycles. The number of rotatable bonds is 11. The van der Waals surface area contributed by atoms with Gasteiger partial charge in [0.2, 0.25) is 5.91 Å². The minimum atomic E-state index is 0.158.